The van der Waals surface area contributed by atoms with Crippen LogP contribution in [-0.2, 0) is 4.74 Å². The van der Waals surface area contributed by atoms with Crippen LogP contribution in [0.15, 0.2) is 18.2 Å². The van der Waals surface area contributed by atoms with E-state index in [1.165, 1.54) is 0 Å². The standard InChI is InChI=1S/C14H20BrNO2/c1-10-4-5-13(11(2)8-10)14(17)16-12(6-7-15)9-18-3/h4-5,8,12H,6-7,9H2,1-3H3,(H,16,17). The van der Waals surface area contributed by atoms with Crippen molar-refractivity contribution in [2.45, 2.75) is 26.3 Å². The maximum absolute atomic E-state index is 12.2. The molecule has 1 rings (SSSR count). The molecule has 0 aliphatic heterocycles. The van der Waals surface area contributed by atoms with Crippen LogP contribution in [0, 0.1) is 13.8 Å². The second-order valence-electron chi connectivity index (χ2n) is 4.42. The lowest BCUT2D eigenvalue weighted by Crippen LogP contribution is -2.38. The number of ether oxygens (including phenoxy) is 1. The van der Waals surface area contributed by atoms with Crippen LogP contribution in [-0.4, -0.2) is 31.0 Å². The van der Waals surface area contributed by atoms with Gasteiger partial charge in [-0.05, 0) is 31.9 Å². The lowest BCUT2D eigenvalue weighted by molar-refractivity contribution is 0.0895. The molecule has 3 nitrogen and oxygen atoms in total. The first-order chi connectivity index (χ1) is 8.58. The van der Waals surface area contributed by atoms with Gasteiger partial charge in [-0.1, -0.05) is 33.6 Å². The fraction of sp³-hybridized carbons (Fsp3) is 0.500. The topological polar surface area (TPSA) is 38.3 Å². The van der Waals surface area contributed by atoms with E-state index in [-0.39, 0.29) is 11.9 Å². The minimum atomic E-state index is -0.0319. The van der Waals surface area contributed by atoms with Crippen molar-refractivity contribution < 1.29 is 9.53 Å². The Morgan fingerprint density at radius 3 is 2.72 bits per heavy atom. The van der Waals surface area contributed by atoms with Gasteiger partial charge in [0.15, 0.2) is 0 Å². The number of benzene rings is 1. The first-order valence-corrected chi connectivity index (χ1v) is 7.13. The number of carbonyl (C=O) groups is 1. The molecule has 1 unspecified atom stereocenters. The van der Waals surface area contributed by atoms with E-state index in [1.807, 2.05) is 32.0 Å². The van der Waals surface area contributed by atoms with Crippen molar-refractivity contribution >= 4 is 21.8 Å². The van der Waals surface area contributed by atoms with E-state index < -0.39 is 0 Å². The summed E-state index contributed by atoms with van der Waals surface area (Å²) in [7, 11) is 1.64. The number of aryl methyl sites for hydroxylation is 2. The summed E-state index contributed by atoms with van der Waals surface area (Å²) in [5.41, 5.74) is 2.90. The SMILES string of the molecule is COCC(CCBr)NC(=O)c1ccc(C)cc1C. The molecule has 1 aromatic rings. The number of methoxy groups -OCH3 is 1. The number of alkyl halides is 1. The van der Waals surface area contributed by atoms with Crippen LogP contribution in [0.2, 0.25) is 0 Å². The number of rotatable bonds is 6. The Bertz CT molecular complexity index is 401. The number of halogens is 1. The molecule has 0 bridgehead atoms. The zero-order valence-electron chi connectivity index (χ0n) is 11.1. The van der Waals surface area contributed by atoms with Crippen LogP contribution >= 0.6 is 15.9 Å². The highest BCUT2D eigenvalue weighted by atomic mass is 79.9. The number of amides is 1. The summed E-state index contributed by atoms with van der Waals surface area (Å²) >= 11 is 3.38. The van der Waals surface area contributed by atoms with Crippen LogP contribution < -0.4 is 5.32 Å². The van der Waals surface area contributed by atoms with Gasteiger partial charge in [-0.15, -0.1) is 0 Å². The van der Waals surface area contributed by atoms with Crippen molar-refractivity contribution in [2.75, 3.05) is 19.0 Å². The van der Waals surface area contributed by atoms with E-state index in [1.54, 1.807) is 7.11 Å². The number of carbonyl (C=O) groups excluding carboxylic acids is 1. The summed E-state index contributed by atoms with van der Waals surface area (Å²) in [6.07, 6.45) is 0.852. The molecule has 0 spiro atoms. The first kappa shape index (κ1) is 15.2. The Labute approximate surface area is 117 Å². The number of hydrogen-bond acceptors (Lipinski definition) is 2. The zero-order chi connectivity index (χ0) is 13.5. The molecule has 0 saturated carbocycles. The van der Waals surface area contributed by atoms with Gasteiger partial charge in [-0.2, -0.15) is 0 Å². The Morgan fingerprint density at radius 1 is 1.44 bits per heavy atom. The molecule has 0 aromatic heterocycles. The highest BCUT2D eigenvalue weighted by molar-refractivity contribution is 9.09. The molecule has 0 fully saturated rings. The molecule has 1 N–H and O–H groups in total. The molecule has 0 aliphatic carbocycles. The molecule has 4 heteroatoms. The van der Waals surface area contributed by atoms with Crippen molar-refractivity contribution in [1.82, 2.24) is 5.32 Å². The fourth-order valence-corrected chi connectivity index (χ4v) is 2.41. The maximum Gasteiger partial charge on any atom is 0.251 e. The zero-order valence-corrected chi connectivity index (χ0v) is 12.7. The second-order valence-corrected chi connectivity index (χ2v) is 5.21. The average molecular weight is 314 g/mol. The molecule has 0 saturated heterocycles. The summed E-state index contributed by atoms with van der Waals surface area (Å²) in [6, 6.07) is 5.89. The quantitative estimate of drug-likeness (QED) is 0.820. The molecule has 0 radical (unpaired) electrons. The van der Waals surface area contributed by atoms with Crippen LogP contribution in [0.5, 0.6) is 0 Å². The van der Waals surface area contributed by atoms with E-state index >= 15 is 0 Å². The van der Waals surface area contributed by atoms with E-state index in [9.17, 15) is 4.79 Å². The molecule has 1 amide bonds. The minimum absolute atomic E-state index is 0.0319. The number of hydrogen-bond donors (Lipinski definition) is 1. The lowest BCUT2D eigenvalue weighted by atomic mass is 10.0. The molecule has 0 heterocycles. The van der Waals surface area contributed by atoms with Gasteiger partial charge in [-0.25, -0.2) is 0 Å². The molecule has 0 aliphatic rings. The molecule has 1 atom stereocenters. The summed E-state index contributed by atoms with van der Waals surface area (Å²) in [5, 5.41) is 3.84. The predicted octanol–water partition coefficient (Wildman–Crippen LogP) is 2.83. The Balaban J connectivity index is 2.73. The van der Waals surface area contributed by atoms with E-state index in [0.717, 1.165) is 28.4 Å². The smallest absolute Gasteiger partial charge is 0.251 e. The third-order valence-corrected chi connectivity index (χ3v) is 3.25. The Morgan fingerprint density at radius 2 is 2.17 bits per heavy atom. The number of nitrogens with one attached hydrogen (secondary N) is 1. The van der Waals surface area contributed by atoms with Crippen LogP contribution in [0.25, 0.3) is 0 Å². The fourth-order valence-electron chi connectivity index (χ4n) is 1.86. The molecular formula is C14H20BrNO2. The van der Waals surface area contributed by atoms with E-state index in [0.29, 0.717) is 6.61 Å². The largest absolute Gasteiger partial charge is 0.383 e. The van der Waals surface area contributed by atoms with Gasteiger partial charge < -0.3 is 10.1 Å². The van der Waals surface area contributed by atoms with Crippen molar-refractivity contribution in [3.05, 3.63) is 34.9 Å². The lowest BCUT2D eigenvalue weighted by Gasteiger charge is -2.17. The van der Waals surface area contributed by atoms with Gasteiger partial charge in [0.2, 0.25) is 0 Å². The Hall–Kier alpha value is -0.870. The monoisotopic (exact) mass is 313 g/mol. The second kappa shape index (κ2) is 7.54. The molecule has 100 valence electrons. The van der Waals surface area contributed by atoms with E-state index in [4.69, 9.17) is 4.74 Å². The van der Waals surface area contributed by atoms with Crippen molar-refractivity contribution in [2.24, 2.45) is 0 Å². The Kier molecular flexibility index (Phi) is 6.36. The van der Waals surface area contributed by atoms with Gasteiger partial charge in [0.05, 0.1) is 12.6 Å². The van der Waals surface area contributed by atoms with Crippen LogP contribution in [0.1, 0.15) is 27.9 Å². The first-order valence-electron chi connectivity index (χ1n) is 6.01. The molecule has 1 aromatic carbocycles. The predicted molar refractivity (Wildman–Crippen MR) is 77.5 cm³/mol. The highest BCUT2D eigenvalue weighted by Crippen LogP contribution is 2.11. The van der Waals surface area contributed by atoms with Crippen molar-refractivity contribution in [1.29, 1.82) is 0 Å². The molecular weight excluding hydrogens is 294 g/mol. The summed E-state index contributed by atoms with van der Waals surface area (Å²) in [4.78, 5) is 12.2. The van der Waals surface area contributed by atoms with Gasteiger partial charge in [0, 0.05) is 18.0 Å². The van der Waals surface area contributed by atoms with E-state index in [2.05, 4.69) is 21.2 Å². The average Bonchev–Trinajstić information content (AvgIpc) is 2.29. The van der Waals surface area contributed by atoms with Crippen LogP contribution in [0.4, 0.5) is 0 Å². The van der Waals surface area contributed by atoms with Gasteiger partial charge in [-0.3, -0.25) is 4.79 Å². The summed E-state index contributed by atoms with van der Waals surface area (Å²) in [6.45, 7) is 4.51. The van der Waals surface area contributed by atoms with Gasteiger partial charge >= 0.3 is 0 Å². The van der Waals surface area contributed by atoms with Crippen molar-refractivity contribution in [3.63, 3.8) is 0 Å². The third-order valence-electron chi connectivity index (χ3n) is 2.79. The normalized spacial score (nSPS) is 12.2. The summed E-state index contributed by atoms with van der Waals surface area (Å²) < 4.78 is 5.11. The van der Waals surface area contributed by atoms with Crippen molar-refractivity contribution in [3.8, 4) is 0 Å². The van der Waals surface area contributed by atoms with Gasteiger partial charge in [0.1, 0.15) is 0 Å². The maximum atomic E-state index is 12.2. The highest BCUT2D eigenvalue weighted by Gasteiger charge is 2.14. The third kappa shape index (κ3) is 4.42. The summed E-state index contributed by atoms with van der Waals surface area (Å²) in [5.74, 6) is -0.0319. The minimum Gasteiger partial charge on any atom is -0.383 e. The van der Waals surface area contributed by atoms with Crippen LogP contribution in [0.3, 0.4) is 0 Å². The van der Waals surface area contributed by atoms with Gasteiger partial charge in [0.25, 0.3) is 5.91 Å². The molecule has 18 heavy (non-hydrogen) atoms.